The summed E-state index contributed by atoms with van der Waals surface area (Å²) >= 11 is 0. The van der Waals surface area contributed by atoms with Crippen molar-refractivity contribution in [3.8, 4) is 0 Å². The highest BCUT2D eigenvalue weighted by Gasteiger charge is 2.15. The van der Waals surface area contributed by atoms with Gasteiger partial charge < -0.3 is 15.5 Å². The number of aromatic nitrogens is 1. The Morgan fingerprint density at radius 2 is 2.42 bits per heavy atom. The zero-order chi connectivity index (χ0) is 9.14. The van der Waals surface area contributed by atoms with E-state index in [1.165, 1.54) is 7.11 Å². The maximum Gasteiger partial charge on any atom is 0.341 e. The molecule has 0 aromatic carbocycles. The molecule has 0 saturated heterocycles. The highest BCUT2D eigenvalue weighted by molar-refractivity contribution is 5.96. The summed E-state index contributed by atoms with van der Waals surface area (Å²) in [5.41, 5.74) is 7.28. The van der Waals surface area contributed by atoms with E-state index in [1.54, 1.807) is 6.20 Å². The standard InChI is InChI=1S/C8H12N2O2/c1-3-6-7(8(11)12-2)5(9)4-10-6/h4,10H,3,9H2,1-2H3. The molecule has 0 aliphatic heterocycles. The Balaban J connectivity index is 3.10. The second-order valence-corrected chi connectivity index (χ2v) is 2.44. The molecule has 0 amide bonds. The van der Waals surface area contributed by atoms with Crippen LogP contribution in [0.2, 0.25) is 0 Å². The van der Waals surface area contributed by atoms with E-state index < -0.39 is 0 Å². The number of nitrogen functional groups attached to an aromatic ring is 1. The molecule has 0 spiro atoms. The number of carbonyl (C=O) groups excluding carboxylic acids is 1. The minimum atomic E-state index is -0.384. The van der Waals surface area contributed by atoms with E-state index in [4.69, 9.17) is 5.73 Å². The van der Waals surface area contributed by atoms with Crippen LogP contribution in [0.4, 0.5) is 5.69 Å². The maximum atomic E-state index is 11.2. The summed E-state index contributed by atoms with van der Waals surface area (Å²) in [6, 6.07) is 0. The number of methoxy groups -OCH3 is 1. The normalized spacial score (nSPS) is 9.83. The maximum absolute atomic E-state index is 11.2. The van der Waals surface area contributed by atoms with Gasteiger partial charge in [-0.3, -0.25) is 0 Å². The van der Waals surface area contributed by atoms with Crippen molar-refractivity contribution in [1.82, 2.24) is 4.98 Å². The minimum absolute atomic E-state index is 0.384. The van der Waals surface area contributed by atoms with Gasteiger partial charge in [0.15, 0.2) is 0 Å². The zero-order valence-corrected chi connectivity index (χ0v) is 7.18. The molecule has 0 fully saturated rings. The molecular formula is C8H12N2O2. The van der Waals surface area contributed by atoms with E-state index in [1.807, 2.05) is 6.92 Å². The monoisotopic (exact) mass is 168 g/mol. The zero-order valence-electron chi connectivity index (χ0n) is 7.18. The molecule has 0 aliphatic carbocycles. The van der Waals surface area contributed by atoms with Gasteiger partial charge in [-0.25, -0.2) is 4.79 Å². The number of esters is 1. The van der Waals surface area contributed by atoms with Crippen molar-refractivity contribution in [2.45, 2.75) is 13.3 Å². The van der Waals surface area contributed by atoms with Gasteiger partial charge in [-0.15, -0.1) is 0 Å². The van der Waals surface area contributed by atoms with E-state index >= 15 is 0 Å². The van der Waals surface area contributed by atoms with Crippen molar-refractivity contribution >= 4 is 11.7 Å². The van der Waals surface area contributed by atoms with Crippen LogP contribution in [0.15, 0.2) is 6.20 Å². The lowest BCUT2D eigenvalue weighted by Gasteiger charge is -1.99. The molecule has 3 N–H and O–H groups in total. The number of hydrogen-bond acceptors (Lipinski definition) is 3. The van der Waals surface area contributed by atoms with Gasteiger partial charge in [0.1, 0.15) is 5.56 Å². The summed E-state index contributed by atoms with van der Waals surface area (Å²) < 4.78 is 4.58. The number of ether oxygens (including phenoxy) is 1. The van der Waals surface area contributed by atoms with Gasteiger partial charge in [-0.1, -0.05) is 6.92 Å². The first-order valence-corrected chi connectivity index (χ1v) is 3.74. The number of H-pyrrole nitrogens is 1. The van der Waals surface area contributed by atoms with E-state index in [0.717, 1.165) is 12.1 Å². The highest BCUT2D eigenvalue weighted by Crippen LogP contribution is 2.17. The summed E-state index contributed by atoms with van der Waals surface area (Å²) in [5.74, 6) is -0.384. The topological polar surface area (TPSA) is 68.1 Å². The Bertz CT molecular complexity index is 291. The average molecular weight is 168 g/mol. The predicted octanol–water partition coefficient (Wildman–Crippen LogP) is 0.946. The average Bonchev–Trinajstić information content (AvgIpc) is 2.45. The van der Waals surface area contributed by atoms with Gasteiger partial charge in [0.05, 0.1) is 12.8 Å². The molecule has 0 bridgehead atoms. The number of carbonyl (C=O) groups is 1. The fraction of sp³-hybridized carbons (Fsp3) is 0.375. The van der Waals surface area contributed by atoms with Crippen molar-refractivity contribution in [3.63, 3.8) is 0 Å². The molecule has 66 valence electrons. The van der Waals surface area contributed by atoms with E-state index in [0.29, 0.717) is 11.3 Å². The Labute approximate surface area is 70.7 Å². The molecular weight excluding hydrogens is 156 g/mol. The highest BCUT2D eigenvalue weighted by atomic mass is 16.5. The number of aryl methyl sites for hydroxylation is 1. The van der Waals surface area contributed by atoms with Gasteiger partial charge in [0.25, 0.3) is 0 Å². The van der Waals surface area contributed by atoms with E-state index in [2.05, 4.69) is 9.72 Å². The Hall–Kier alpha value is -1.45. The first-order valence-electron chi connectivity index (χ1n) is 3.74. The van der Waals surface area contributed by atoms with Gasteiger partial charge in [0, 0.05) is 11.9 Å². The summed E-state index contributed by atoms with van der Waals surface area (Å²) in [6.45, 7) is 1.94. The molecule has 1 rings (SSSR count). The summed E-state index contributed by atoms with van der Waals surface area (Å²) in [6.07, 6.45) is 2.34. The van der Waals surface area contributed by atoms with Gasteiger partial charge in [0.2, 0.25) is 0 Å². The van der Waals surface area contributed by atoms with Gasteiger partial charge >= 0.3 is 5.97 Å². The van der Waals surface area contributed by atoms with Crippen molar-refractivity contribution in [1.29, 1.82) is 0 Å². The molecule has 4 heteroatoms. The lowest BCUT2D eigenvalue weighted by molar-refractivity contribution is 0.0601. The second-order valence-electron chi connectivity index (χ2n) is 2.44. The van der Waals surface area contributed by atoms with Crippen LogP contribution < -0.4 is 5.73 Å². The molecule has 4 nitrogen and oxygen atoms in total. The predicted molar refractivity (Wildman–Crippen MR) is 45.9 cm³/mol. The molecule has 0 atom stereocenters. The molecule has 12 heavy (non-hydrogen) atoms. The fourth-order valence-corrected chi connectivity index (χ4v) is 1.11. The number of hydrogen-bond donors (Lipinski definition) is 2. The van der Waals surface area contributed by atoms with E-state index in [-0.39, 0.29) is 5.97 Å². The third-order valence-corrected chi connectivity index (χ3v) is 1.74. The largest absolute Gasteiger partial charge is 0.465 e. The Morgan fingerprint density at radius 1 is 1.75 bits per heavy atom. The van der Waals surface area contributed by atoms with Crippen molar-refractivity contribution in [2.24, 2.45) is 0 Å². The first-order chi connectivity index (χ1) is 5.70. The van der Waals surface area contributed by atoms with Gasteiger partial charge in [-0.05, 0) is 6.42 Å². The lowest BCUT2D eigenvalue weighted by atomic mass is 10.2. The Kier molecular flexibility index (Phi) is 2.38. The molecule has 0 unspecified atom stereocenters. The van der Waals surface area contributed by atoms with Crippen LogP contribution in [0.5, 0.6) is 0 Å². The third-order valence-electron chi connectivity index (χ3n) is 1.74. The SMILES string of the molecule is CCc1[nH]cc(N)c1C(=O)OC. The molecule has 0 aliphatic rings. The minimum Gasteiger partial charge on any atom is -0.465 e. The third kappa shape index (κ3) is 1.28. The number of rotatable bonds is 2. The lowest BCUT2D eigenvalue weighted by Crippen LogP contribution is -2.06. The van der Waals surface area contributed by atoms with Crippen LogP contribution >= 0.6 is 0 Å². The smallest absolute Gasteiger partial charge is 0.341 e. The second kappa shape index (κ2) is 3.30. The van der Waals surface area contributed by atoms with Crippen LogP contribution in [-0.4, -0.2) is 18.1 Å². The van der Waals surface area contributed by atoms with E-state index in [9.17, 15) is 4.79 Å². The first kappa shape index (κ1) is 8.64. The number of nitrogens with one attached hydrogen (secondary N) is 1. The Morgan fingerprint density at radius 3 is 2.92 bits per heavy atom. The molecule has 0 saturated carbocycles. The quantitative estimate of drug-likeness (QED) is 0.646. The number of anilines is 1. The van der Waals surface area contributed by atoms with Crippen LogP contribution in [0.1, 0.15) is 23.0 Å². The molecule has 1 aromatic rings. The molecule has 0 radical (unpaired) electrons. The number of aromatic amines is 1. The summed E-state index contributed by atoms with van der Waals surface area (Å²) in [7, 11) is 1.34. The van der Waals surface area contributed by atoms with Crippen LogP contribution in [0, 0.1) is 0 Å². The van der Waals surface area contributed by atoms with Crippen LogP contribution in [-0.2, 0) is 11.2 Å². The van der Waals surface area contributed by atoms with Crippen molar-refractivity contribution in [2.75, 3.05) is 12.8 Å². The van der Waals surface area contributed by atoms with Crippen LogP contribution in [0.3, 0.4) is 0 Å². The fourth-order valence-electron chi connectivity index (χ4n) is 1.11. The molecule has 1 aromatic heterocycles. The van der Waals surface area contributed by atoms with Crippen LogP contribution in [0.25, 0.3) is 0 Å². The van der Waals surface area contributed by atoms with Gasteiger partial charge in [-0.2, -0.15) is 0 Å². The summed E-state index contributed by atoms with van der Waals surface area (Å²) in [4.78, 5) is 14.1. The molecule has 1 heterocycles. The van der Waals surface area contributed by atoms with Crippen molar-refractivity contribution in [3.05, 3.63) is 17.5 Å². The number of nitrogens with two attached hydrogens (primary N) is 1. The van der Waals surface area contributed by atoms with Crippen molar-refractivity contribution < 1.29 is 9.53 Å². The summed E-state index contributed by atoms with van der Waals surface area (Å²) in [5, 5.41) is 0.